The van der Waals surface area contributed by atoms with Crippen LogP contribution in [0.3, 0.4) is 0 Å². The van der Waals surface area contributed by atoms with Crippen LogP contribution < -0.4 is 15.0 Å². The minimum absolute atomic E-state index is 0. The zero-order chi connectivity index (χ0) is 18.2. The predicted octanol–water partition coefficient (Wildman–Crippen LogP) is 1.89. The lowest BCUT2D eigenvalue weighted by Gasteiger charge is -2.36. The quantitative estimate of drug-likeness (QED) is 0.279. The van der Waals surface area contributed by atoms with Crippen molar-refractivity contribution in [2.24, 2.45) is 4.99 Å². The van der Waals surface area contributed by atoms with Crippen molar-refractivity contribution in [1.29, 1.82) is 0 Å². The third-order valence-corrected chi connectivity index (χ3v) is 4.94. The summed E-state index contributed by atoms with van der Waals surface area (Å²) in [6.07, 6.45) is 4.33. The molecule has 8 nitrogen and oxygen atoms in total. The third kappa shape index (κ3) is 6.16. The van der Waals surface area contributed by atoms with E-state index >= 15 is 0 Å². The summed E-state index contributed by atoms with van der Waals surface area (Å²) in [6.45, 7) is 7.00. The molecule has 3 heterocycles. The summed E-state index contributed by atoms with van der Waals surface area (Å²) < 4.78 is 10.0. The Labute approximate surface area is 181 Å². The second kappa shape index (κ2) is 11.2. The monoisotopic (exact) mass is 503 g/mol. The Kier molecular flexibility index (Phi) is 8.98. The van der Waals surface area contributed by atoms with E-state index in [2.05, 4.69) is 41.4 Å². The molecule has 1 aliphatic heterocycles. The minimum atomic E-state index is 0. The van der Waals surface area contributed by atoms with E-state index < -0.39 is 0 Å². The van der Waals surface area contributed by atoms with Crippen LogP contribution in [0.25, 0.3) is 0 Å². The number of hydrogen-bond acceptors (Lipinski definition) is 7. The van der Waals surface area contributed by atoms with Gasteiger partial charge in [0, 0.05) is 57.4 Å². The van der Waals surface area contributed by atoms with E-state index in [-0.39, 0.29) is 24.0 Å². The van der Waals surface area contributed by atoms with Gasteiger partial charge in [-0.3, -0.25) is 9.98 Å². The number of rotatable bonds is 6. The number of aryl methyl sites for hydroxylation is 1. The number of piperazine rings is 1. The second-order valence-corrected chi connectivity index (χ2v) is 6.56. The van der Waals surface area contributed by atoms with Gasteiger partial charge in [-0.15, -0.1) is 24.0 Å². The van der Waals surface area contributed by atoms with Gasteiger partial charge in [-0.05, 0) is 12.1 Å². The maximum atomic E-state index is 5.66. The first-order chi connectivity index (χ1) is 12.8. The molecule has 148 valence electrons. The largest absolute Gasteiger partial charge is 0.490 e. The normalized spacial score (nSPS) is 14.7. The molecule has 1 fully saturated rings. The van der Waals surface area contributed by atoms with Crippen molar-refractivity contribution in [3.05, 3.63) is 30.4 Å². The summed E-state index contributed by atoms with van der Waals surface area (Å²) in [4.78, 5) is 17.6. The Balaban J connectivity index is 0.00000261. The van der Waals surface area contributed by atoms with Crippen LogP contribution in [0.4, 0.5) is 5.13 Å². The maximum absolute atomic E-state index is 5.66. The van der Waals surface area contributed by atoms with Gasteiger partial charge in [0.05, 0.1) is 12.7 Å². The topological polar surface area (TPSA) is 78.8 Å². The molecule has 0 unspecified atom stereocenters. The van der Waals surface area contributed by atoms with Crippen molar-refractivity contribution in [3.8, 4) is 5.75 Å². The summed E-state index contributed by atoms with van der Waals surface area (Å²) in [5, 5.41) is 4.39. The maximum Gasteiger partial charge on any atom is 0.205 e. The molecule has 1 N–H and O–H groups in total. The number of halogens is 1. The van der Waals surface area contributed by atoms with E-state index in [4.69, 9.17) is 4.74 Å². The Morgan fingerprint density at radius 2 is 2.15 bits per heavy atom. The van der Waals surface area contributed by atoms with Gasteiger partial charge >= 0.3 is 0 Å². The zero-order valence-corrected chi connectivity index (χ0v) is 18.8. The molecule has 0 amide bonds. The zero-order valence-electron chi connectivity index (χ0n) is 15.7. The first-order valence-corrected chi connectivity index (χ1v) is 9.63. The van der Waals surface area contributed by atoms with E-state index in [1.165, 1.54) is 11.5 Å². The summed E-state index contributed by atoms with van der Waals surface area (Å²) in [5.74, 6) is 2.62. The molecule has 3 rings (SSSR count). The van der Waals surface area contributed by atoms with Crippen molar-refractivity contribution >= 4 is 46.6 Å². The highest BCUT2D eigenvalue weighted by atomic mass is 127. The van der Waals surface area contributed by atoms with Crippen molar-refractivity contribution in [2.45, 2.75) is 13.3 Å². The summed E-state index contributed by atoms with van der Waals surface area (Å²) in [7, 11) is 1.81. The van der Waals surface area contributed by atoms with E-state index in [9.17, 15) is 0 Å². The van der Waals surface area contributed by atoms with Gasteiger partial charge in [0.2, 0.25) is 5.13 Å². The SMILES string of the molecule is CCc1nsc(N2CCN(C(=NC)NCCOc3cccnc3)CC2)n1.I. The number of nitrogens with one attached hydrogen (secondary N) is 1. The van der Waals surface area contributed by atoms with Crippen LogP contribution in [-0.2, 0) is 6.42 Å². The molecule has 0 spiro atoms. The summed E-state index contributed by atoms with van der Waals surface area (Å²) in [6, 6.07) is 3.76. The first kappa shape index (κ1) is 21.6. The molecule has 2 aromatic heterocycles. The molecule has 0 radical (unpaired) electrons. The Morgan fingerprint density at radius 1 is 1.33 bits per heavy atom. The molecular weight excluding hydrogens is 477 g/mol. The fourth-order valence-electron chi connectivity index (χ4n) is 2.72. The van der Waals surface area contributed by atoms with Gasteiger partial charge in [-0.2, -0.15) is 4.37 Å². The number of nitrogens with zero attached hydrogens (tertiary/aromatic N) is 6. The highest BCUT2D eigenvalue weighted by Gasteiger charge is 2.21. The number of aromatic nitrogens is 3. The lowest BCUT2D eigenvalue weighted by atomic mass is 10.3. The smallest absolute Gasteiger partial charge is 0.205 e. The van der Waals surface area contributed by atoms with E-state index in [1.807, 2.05) is 19.2 Å². The number of anilines is 1. The number of aliphatic imine (C=N–C) groups is 1. The van der Waals surface area contributed by atoms with Crippen LogP contribution >= 0.6 is 35.5 Å². The van der Waals surface area contributed by atoms with Gasteiger partial charge in [0.1, 0.15) is 18.2 Å². The Hall–Kier alpha value is -1.69. The molecule has 2 aromatic rings. The van der Waals surface area contributed by atoms with Crippen LogP contribution in [0.5, 0.6) is 5.75 Å². The van der Waals surface area contributed by atoms with Gasteiger partial charge in [0.25, 0.3) is 0 Å². The predicted molar refractivity (Wildman–Crippen MR) is 120 cm³/mol. The van der Waals surface area contributed by atoms with E-state index in [0.717, 1.165) is 55.3 Å². The fourth-order valence-corrected chi connectivity index (χ4v) is 3.52. The minimum Gasteiger partial charge on any atom is -0.490 e. The fraction of sp³-hybridized carbons (Fsp3) is 0.529. The number of ether oxygens (including phenoxy) is 1. The standard InChI is InChI=1S/C17H25N7OS.HI/c1-3-15-21-17(26-22-15)24-10-8-23(9-11-24)16(18-2)20-7-12-25-14-5-4-6-19-13-14;/h4-6,13H,3,7-12H2,1-2H3,(H,18,20);1H. The van der Waals surface area contributed by atoms with Crippen LogP contribution in [0.1, 0.15) is 12.7 Å². The Morgan fingerprint density at radius 3 is 2.78 bits per heavy atom. The van der Waals surface area contributed by atoms with E-state index in [0.29, 0.717) is 13.2 Å². The average molecular weight is 503 g/mol. The molecule has 0 aliphatic carbocycles. The lowest BCUT2D eigenvalue weighted by molar-refractivity contribution is 0.314. The number of pyridine rings is 1. The van der Waals surface area contributed by atoms with Gasteiger partial charge in [0.15, 0.2) is 5.96 Å². The third-order valence-electron chi connectivity index (χ3n) is 4.12. The van der Waals surface area contributed by atoms with Crippen molar-refractivity contribution < 1.29 is 4.74 Å². The molecule has 10 heteroatoms. The van der Waals surface area contributed by atoms with Crippen LogP contribution in [0.2, 0.25) is 0 Å². The Bertz CT molecular complexity index is 704. The molecule has 0 saturated carbocycles. The van der Waals surface area contributed by atoms with Crippen molar-refractivity contribution in [2.75, 3.05) is 51.3 Å². The molecule has 1 aliphatic rings. The summed E-state index contributed by atoms with van der Waals surface area (Å²) in [5.41, 5.74) is 0. The molecule has 0 atom stereocenters. The van der Waals surface area contributed by atoms with Crippen molar-refractivity contribution in [1.82, 2.24) is 24.6 Å². The lowest BCUT2D eigenvalue weighted by Crippen LogP contribution is -2.53. The first-order valence-electron chi connectivity index (χ1n) is 8.86. The van der Waals surface area contributed by atoms with E-state index in [1.54, 1.807) is 12.4 Å². The van der Waals surface area contributed by atoms with Gasteiger partial charge in [-0.25, -0.2) is 4.98 Å². The number of guanidine groups is 1. The molecule has 27 heavy (non-hydrogen) atoms. The molecule has 0 bridgehead atoms. The van der Waals surface area contributed by atoms with Crippen LogP contribution in [0.15, 0.2) is 29.5 Å². The summed E-state index contributed by atoms with van der Waals surface area (Å²) >= 11 is 1.49. The molecule has 1 saturated heterocycles. The number of hydrogen-bond donors (Lipinski definition) is 1. The highest BCUT2D eigenvalue weighted by Crippen LogP contribution is 2.19. The molecule has 0 aromatic carbocycles. The van der Waals surface area contributed by atoms with Crippen LogP contribution in [-0.4, -0.2) is 71.6 Å². The van der Waals surface area contributed by atoms with Gasteiger partial charge in [-0.1, -0.05) is 6.92 Å². The van der Waals surface area contributed by atoms with Crippen molar-refractivity contribution in [3.63, 3.8) is 0 Å². The molecular formula is C17H26IN7OS. The van der Waals surface area contributed by atoms with Gasteiger partial charge < -0.3 is 19.9 Å². The second-order valence-electron chi connectivity index (χ2n) is 5.83. The highest BCUT2D eigenvalue weighted by molar-refractivity contribution is 14.0. The van der Waals surface area contributed by atoms with Crippen LogP contribution in [0, 0.1) is 0 Å². The average Bonchev–Trinajstić information content (AvgIpc) is 3.18.